The van der Waals surface area contributed by atoms with Crippen LogP contribution in [0.25, 0.3) is 21.3 Å². The van der Waals surface area contributed by atoms with Crippen LogP contribution in [0.1, 0.15) is 62.5 Å². The van der Waals surface area contributed by atoms with Gasteiger partial charge in [0.25, 0.3) is 11.5 Å². The minimum Gasteiger partial charge on any atom is -0.437 e. The molecule has 0 unspecified atom stereocenters. The molecule has 0 aliphatic rings. The standard InChI is InChI=1S/C28H33FN4O4S/c1-14(2)31-24(34)19-10-17-18(13-33(8)26(35)22(17)32-19)23-20(37-25-15(3)9-16(29)12-30-25)11-21(38-23)27(4,5)28(6,7)36/h9-14,32,36H,1-8H3,(H,31,34). The Balaban J connectivity index is 1.97. The number of hydrogen-bond donors (Lipinski definition) is 3. The molecule has 0 aromatic carbocycles. The van der Waals surface area contributed by atoms with E-state index in [-0.39, 0.29) is 34.6 Å². The fraction of sp³-hybridized carbons (Fsp3) is 0.393. The molecule has 38 heavy (non-hydrogen) atoms. The Morgan fingerprint density at radius 3 is 2.53 bits per heavy atom. The summed E-state index contributed by atoms with van der Waals surface area (Å²) in [5.74, 6) is -0.102. The first kappa shape index (κ1) is 27.5. The second-order valence-electron chi connectivity index (χ2n) is 10.9. The summed E-state index contributed by atoms with van der Waals surface area (Å²) in [5.41, 5.74) is -0.266. The summed E-state index contributed by atoms with van der Waals surface area (Å²) in [4.78, 5) is 34.4. The van der Waals surface area contributed by atoms with Crippen LogP contribution in [0.3, 0.4) is 0 Å². The maximum absolute atomic E-state index is 13.7. The largest absolute Gasteiger partial charge is 0.437 e. The van der Waals surface area contributed by atoms with Crippen molar-refractivity contribution in [1.82, 2.24) is 19.9 Å². The van der Waals surface area contributed by atoms with E-state index in [0.29, 0.717) is 27.1 Å². The van der Waals surface area contributed by atoms with Crippen LogP contribution in [0.4, 0.5) is 4.39 Å². The fourth-order valence-corrected chi connectivity index (χ4v) is 5.33. The van der Waals surface area contributed by atoms with Crippen molar-refractivity contribution < 1.29 is 19.0 Å². The Bertz CT molecular complexity index is 1590. The zero-order chi connectivity index (χ0) is 28.2. The first-order chi connectivity index (χ1) is 17.6. The van der Waals surface area contributed by atoms with Gasteiger partial charge in [0.05, 0.1) is 16.7 Å². The van der Waals surface area contributed by atoms with Gasteiger partial charge in [0.15, 0.2) is 0 Å². The molecular formula is C28H33FN4O4S. The van der Waals surface area contributed by atoms with E-state index in [4.69, 9.17) is 4.74 Å². The molecule has 0 atom stereocenters. The fourth-order valence-electron chi connectivity index (χ4n) is 3.96. The third-order valence-electron chi connectivity index (χ3n) is 6.92. The van der Waals surface area contributed by atoms with Crippen molar-refractivity contribution in [2.24, 2.45) is 7.05 Å². The normalized spacial score (nSPS) is 12.4. The maximum atomic E-state index is 13.7. The highest BCUT2D eigenvalue weighted by molar-refractivity contribution is 7.16. The van der Waals surface area contributed by atoms with Crippen LogP contribution in [0.15, 0.2) is 35.4 Å². The van der Waals surface area contributed by atoms with Crippen molar-refractivity contribution in [3.05, 3.63) is 62.9 Å². The topological polar surface area (TPSA) is 109 Å². The molecule has 0 fully saturated rings. The predicted molar refractivity (Wildman–Crippen MR) is 148 cm³/mol. The van der Waals surface area contributed by atoms with Crippen LogP contribution in [0, 0.1) is 12.7 Å². The zero-order valence-corrected chi connectivity index (χ0v) is 23.6. The number of thiophene rings is 1. The number of rotatable bonds is 7. The van der Waals surface area contributed by atoms with Crippen LogP contribution >= 0.6 is 11.3 Å². The molecule has 202 valence electrons. The quantitative estimate of drug-likeness (QED) is 0.290. The van der Waals surface area contributed by atoms with Crippen LogP contribution in [-0.4, -0.2) is 37.2 Å². The summed E-state index contributed by atoms with van der Waals surface area (Å²) in [6.45, 7) is 12.8. The number of nitrogens with one attached hydrogen (secondary N) is 2. The zero-order valence-electron chi connectivity index (χ0n) is 22.8. The molecule has 0 aliphatic carbocycles. The number of pyridine rings is 2. The molecule has 0 bridgehead atoms. The highest BCUT2D eigenvalue weighted by Crippen LogP contribution is 2.48. The number of carbonyl (C=O) groups is 1. The Morgan fingerprint density at radius 1 is 1.24 bits per heavy atom. The number of hydrogen-bond acceptors (Lipinski definition) is 6. The summed E-state index contributed by atoms with van der Waals surface area (Å²) < 4.78 is 21.4. The van der Waals surface area contributed by atoms with E-state index in [1.165, 1.54) is 22.0 Å². The summed E-state index contributed by atoms with van der Waals surface area (Å²) in [6.07, 6.45) is 2.79. The minimum atomic E-state index is -1.06. The first-order valence-electron chi connectivity index (χ1n) is 12.3. The monoisotopic (exact) mass is 540 g/mol. The summed E-state index contributed by atoms with van der Waals surface area (Å²) in [5, 5.41) is 14.3. The van der Waals surface area contributed by atoms with Gasteiger partial charge in [-0.25, -0.2) is 9.37 Å². The van der Waals surface area contributed by atoms with Crippen molar-refractivity contribution in [2.45, 2.75) is 65.5 Å². The molecular weight excluding hydrogens is 507 g/mol. The van der Waals surface area contributed by atoms with E-state index in [2.05, 4.69) is 15.3 Å². The summed E-state index contributed by atoms with van der Waals surface area (Å²) in [6, 6.07) is 4.77. The molecule has 0 aliphatic heterocycles. The van der Waals surface area contributed by atoms with Crippen LogP contribution in [0.2, 0.25) is 0 Å². The Morgan fingerprint density at radius 2 is 1.92 bits per heavy atom. The van der Waals surface area contributed by atoms with E-state index < -0.39 is 16.8 Å². The number of fused-ring (bicyclic) bond motifs is 1. The Kier molecular flexibility index (Phi) is 7.00. The number of ether oxygens (including phenoxy) is 1. The van der Waals surface area contributed by atoms with Gasteiger partial charge in [0, 0.05) is 46.1 Å². The Labute approximate surface area is 224 Å². The SMILES string of the molecule is Cc1cc(F)cnc1Oc1cc(C(C)(C)C(C)(C)O)sc1-c1cn(C)c(=O)c2[nH]c(C(=O)NC(C)C)cc12. The lowest BCUT2D eigenvalue weighted by Crippen LogP contribution is -2.41. The van der Waals surface area contributed by atoms with Crippen LogP contribution < -0.4 is 15.6 Å². The van der Waals surface area contributed by atoms with Crippen molar-refractivity contribution >= 4 is 28.1 Å². The number of aryl methyl sites for hydroxylation is 2. The highest BCUT2D eigenvalue weighted by atomic mass is 32.1. The van der Waals surface area contributed by atoms with E-state index >= 15 is 0 Å². The van der Waals surface area contributed by atoms with E-state index in [0.717, 1.165) is 11.1 Å². The number of nitrogens with zero attached hydrogens (tertiary/aromatic N) is 2. The molecule has 4 aromatic rings. The molecule has 0 radical (unpaired) electrons. The molecule has 0 saturated carbocycles. The molecule has 3 N–H and O–H groups in total. The molecule has 4 rings (SSSR count). The molecule has 0 spiro atoms. The van der Waals surface area contributed by atoms with Gasteiger partial charge in [-0.15, -0.1) is 11.3 Å². The van der Waals surface area contributed by atoms with Crippen molar-refractivity contribution in [1.29, 1.82) is 0 Å². The number of aliphatic hydroxyl groups is 1. The molecule has 10 heteroatoms. The van der Waals surface area contributed by atoms with Crippen LogP contribution in [0.5, 0.6) is 11.6 Å². The number of carbonyl (C=O) groups excluding carboxylic acids is 1. The average Bonchev–Trinajstić information content (AvgIpc) is 3.43. The van der Waals surface area contributed by atoms with Crippen molar-refractivity contribution in [3.63, 3.8) is 0 Å². The Hall–Kier alpha value is -3.50. The third kappa shape index (κ3) is 4.98. The molecule has 4 aromatic heterocycles. The number of aromatic amines is 1. The van der Waals surface area contributed by atoms with E-state index in [1.807, 2.05) is 33.8 Å². The van der Waals surface area contributed by atoms with E-state index in [1.54, 1.807) is 40.1 Å². The second-order valence-corrected chi connectivity index (χ2v) is 12.0. The maximum Gasteiger partial charge on any atom is 0.274 e. The highest BCUT2D eigenvalue weighted by Gasteiger charge is 2.39. The van der Waals surface area contributed by atoms with Gasteiger partial charge in [-0.3, -0.25) is 9.59 Å². The first-order valence-corrected chi connectivity index (χ1v) is 13.1. The summed E-state index contributed by atoms with van der Waals surface area (Å²) >= 11 is 1.42. The van der Waals surface area contributed by atoms with Gasteiger partial charge in [0.2, 0.25) is 5.88 Å². The van der Waals surface area contributed by atoms with E-state index in [9.17, 15) is 19.1 Å². The lowest BCUT2D eigenvalue weighted by Gasteiger charge is -2.36. The third-order valence-corrected chi connectivity index (χ3v) is 8.39. The van der Waals surface area contributed by atoms with Crippen molar-refractivity contribution in [3.8, 4) is 22.1 Å². The molecule has 0 saturated heterocycles. The van der Waals surface area contributed by atoms with Crippen molar-refractivity contribution in [2.75, 3.05) is 0 Å². The number of aromatic nitrogens is 3. The smallest absolute Gasteiger partial charge is 0.274 e. The molecule has 4 heterocycles. The number of H-pyrrole nitrogens is 1. The minimum absolute atomic E-state index is 0.0772. The lowest BCUT2D eigenvalue weighted by atomic mass is 9.76. The average molecular weight is 541 g/mol. The lowest BCUT2D eigenvalue weighted by molar-refractivity contribution is 0.0112. The predicted octanol–water partition coefficient (Wildman–Crippen LogP) is 5.42. The number of amides is 1. The molecule has 1 amide bonds. The van der Waals surface area contributed by atoms with Gasteiger partial charge in [-0.2, -0.15) is 0 Å². The van der Waals surface area contributed by atoms with Gasteiger partial charge >= 0.3 is 0 Å². The van der Waals surface area contributed by atoms with Gasteiger partial charge in [-0.05, 0) is 52.8 Å². The molecule has 8 nitrogen and oxygen atoms in total. The number of halogens is 1. The second kappa shape index (κ2) is 9.67. The summed E-state index contributed by atoms with van der Waals surface area (Å²) in [7, 11) is 1.64. The van der Waals surface area contributed by atoms with Gasteiger partial charge in [0.1, 0.15) is 22.8 Å². The van der Waals surface area contributed by atoms with Gasteiger partial charge in [-0.1, -0.05) is 13.8 Å². The van der Waals surface area contributed by atoms with Crippen LogP contribution in [-0.2, 0) is 12.5 Å². The van der Waals surface area contributed by atoms with Gasteiger partial charge < -0.3 is 24.7 Å².